The highest BCUT2D eigenvalue weighted by Crippen LogP contribution is 2.21. The van der Waals surface area contributed by atoms with Crippen molar-refractivity contribution in [2.45, 2.75) is 65.5 Å². The molecular weight excluding hydrogens is 670 g/mol. The van der Waals surface area contributed by atoms with E-state index in [1.807, 2.05) is 29.8 Å². The number of aromatic nitrogens is 3. The Morgan fingerprint density at radius 1 is 1.00 bits per heavy atom. The number of nitrogens with two attached hydrogens (primary N) is 1. The van der Waals surface area contributed by atoms with Gasteiger partial charge in [0, 0.05) is 36.6 Å². The number of amidine groups is 1. The van der Waals surface area contributed by atoms with Gasteiger partial charge in [-0.1, -0.05) is 32.3 Å². The average Bonchev–Trinajstić information content (AvgIpc) is 3.45. The van der Waals surface area contributed by atoms with Crippen molar-refractivity contribution in [2.75, 3.05) is 30.0 Å². The molecule has 0 saturated heterocycles. The molecule has 15 nitrogen and oxygen atoms in total. The van der Waals surface area contributed by atoms with Crippen LogP contribution in [0.1, 0.15) is 74.6 Å². The van der Waals surface area contributed by atoms with Crippen molar-refractivity contribution in [1.29, 1.82) is 0 Å². The Bertz CT molecular complexity index is 1810. The number of unbranched alkanes of at least 4 members (excludes halogenated alkanes) is 3. The first kappa shape index (κ1) is 40.6. The Kier molecular flexibility index (Phi) is 16.2. The fraction of sp³-hybridized carbons (Fsp3) is 0.378. The zero-order valence-electron chi connectivity index (χ0n) is 29.9. The quantitative estimate of drug-likeness (QED) is 0.0519. The fourth-order valence-electron chi connectivity index (χ4n) is 4.79. The van der Waals surface area contributed by atoms with Crippen molar-refractivity contribution in [3.63, 3.8) is 0 Å². The van der Waals surface area contributed by atoms with Gasteiger partial charge in [-0.15, -0.1) is 0 Å². The van der Waals surface area contributed by atoms with Gasteiger partial charge in [0.2, 0.25) is 0 Å². The largest absolute Gasteiger partial charge is 0.479 e. The third kappa shape index (κ3) is 12.5. The molecule has 4 aromatic rings. The lowest BCUT2D eigenvalue weighted by molar-refractivity contribution is -0.145. The van der Waals surface area contributed by atoms with Crippen molar-refractivity contribution in [3.05, 3.63) is 83.8 Å². The van der Waals surface area contributed by atoms with E-state index < -0.39 is 18.2 Å². The van der Waals surface area contributed by atoms with Gasteiger partial charge in [-0.05, 0) is 74.9 Å². The number of fused-ring (bicyclic) bond motifs is 1. The summed E-state index contributed by atoms with van der Waals surface area (Å²) in [6, 6.07) is 17.9. The summed E-state index contributed by atoms with van der Waals surface area (Å²) in [6.07, 6.45) is 3.76. The lowest BCUT2D eigenvalue weighted by Gasteiger charge is -2.21. The zero-order chi connectivity index (χ0) is 38.0. The standard InChI is InChI=1S/C34H41N7O5.C3H6O3/c1-4-6-7-10-21-46-34(44)39-32(35)24-12-15-26(16-13-24)37-23-30-38-27-22-25(14-17-28(27)40(30)3)33(43)41(20-18-31(42)45-5-2)29-11-8-9-19-36-29;1-2(4)3(5)6/h8-9,11-17,19,22,37H,4-7,10,18,20-21,23H2,1-3H3,(H2,35,39,44);2,4H,1H3,(H,5,6). The Morgan fingerprint density at radius 3 is 2.35 bits per heavy atom. The van der Waals surface area contributed by atoms with Crippen molar-refractivity contribution in [3.8, 4) is 0 Å². The summed E-state index contributed by atoms with van der Waals surface area (Å²) in [5.74, 6) is -0.565. The lowest BCUT2D eigenvalue weighted by Crippen LogP contribution is -2.34. The summed E-state index contributed by atoms with van der Waals surface area (Å²) in [5.41, 5.74) is 9.40. The average molecular weight is 718 g/mol. The van der Waals surface area contributed by atoms with Crippen LogP contribution in [0, 0.1) is 0 Å². The molecule has 2 amide bonds. The molecule has 0 spiro atoms. The van der Waals surface area contributed by atoms with Crippen molar-refractivity contribution < 1.29 is 38.9 Å². The first-order chi connectivity index (χ1) is 24.9. The van der Waals surface area contributed by atoms with Crippen LogP contribution in [0.15, 0.2) is 71.9 Å². The van der Waals surface area contributed by atoms with Gasteiger partial charge in [-0.3, -0.25) is 14.5 Å². The molecule has 0 aliphatic heterocycles. The number of pyridine rings is 1. The monoisotopic (exact) mass is 717 g/mol. The number of anilines is 2. The third-order valence-corrected chi connectivity index (χ3v) is 7.66. The highest BCUT2D eigenvalue weighted by atomic mass is 16.5. The number of aliphatic carboxylic acids is 1. The number of imidazole rings is 1. The number of carbonyl (C=O) groups is 4. The predicted molar refractivity (Wildman–Crippen MR) is 197 cm³/mol. The molecule has 5 N–H and O–H groups in total. The number of aliphatic imine (C=N–C) groups is 1. The van der Waals surface area contributed by atoms with Crippen molar-refractivity contribution in [2.24, 2.45) is 17.8 Å². The van der Waals surface area contributed by atoms with Gasteiger partial charge >= 0.3 is 18.0 Å². The van der Waals surface area contributed by atoms with Gasteiger partial charge in [0.25, 0.3) is 5.91 Å². The maximum absolute atomic E-state index is 13.6. The van der Waals surface area contributed by atoms with E-state index in [2.05, 4.69) is 22.2 Å². The molecule has 52 heavy (non-hydrogen) atoms. The van der Waals surface area contributed by atoms with Crippen molar-refractivity contribution >= 4 is 52.3 Å². The molecule has 1 atom stereocenters. The van der Waals surface area contributed by atoms with Crippen LogP contribution in [0.3, 0.4) is 0 Å². The molecule has 0 radical (unpaired) electrons. The van der Waals surface area contributed by atoms with E-state index >= 15 is 0 Å². The number of carboxylic acids is 1. The molecule has 0 fully saturated rings. The molecule has 0 aliphatic rings. The summed E-state index contributed by atoms with van der Waals surface area (Å²) >= 11 is 0. The van der Waals surface area contributed by atoms with E-state index in [9.17, 15) is 19.2 Å². The predicted octanol–water partition coefficient (Wildman–Crippen LogP) is 5.05. The van der Waals surface area contributed by atoms with E-state index in [1.165, 1.54) is 11.8 Å². The molecule has 4 rings (SSSR count). The molecule has 2 aromatic carbocycles. The minimum absolute atomic E-state index is 0.0455. The summed E-state index contributed by atoms with van der Waals surface area (Å²) in [5, 5.41) is 19.1. The van der Waals surface area contributed by atoms with Gasteiger partial charge in [-0.25, -0.2) is 19.6 Å². The number of benzene rings is 2. The number of aliphatic hydroxyl groups excluding tert-OH is 1. The number of nitrogens with zero attached hydrogens (tertiary/aromatic N) is 5. The number of rotatable bonds is 16. The molecule has 0 saturated carbocycles. The minimum Gasteiger partial charge on any atom is -0.479 e. The number of aliphatic hydroxyl groups is 1. The molecule has 2 heterocycles. The normalized spacial score (nSPS) is 11.6. The molecule has 1 unspecified atom stereocenters. The summed E-state index contributed by atoms with van der Waals surface area (Å²) < 4.78 is 12.1. The van der Waals surface area contributed by atoms with E-state index in [4.69, 9.17) is 30.4 Å². The summed E-state index contributed by atoms with van der Waals surface area (Å²) in [6.45, 7) is 6.21. The number of esters is 1. The molecule has 0 bridgehead atoms. The van der Waals surface area contributed by atoms with E-state index in [0.29, 0.717) is 35.6 Å². The van der Waals surface area contributed by atoms with Crippen LogP contribution in [-0.2, 0) is 32.7 Å². The number of carbonyl (C=O) groups excluding carboxylic acids is 3. The highest BCUT2D eigenvalue weighted by molar-refractivity contribution is 6.07. The highest BCUT2D eigenvalue weighted by Gasteiger charge is 2.21. The second-order valence-corrected chi connectivity index (χ2v) is 11.6. The number of hydrogen-bond acceptors (Lipinski definition) is 10. The number of hydrogen-bond donors (Lipinski definition) is 4. The van der Waals surface area contributed by atoms with Gasteiger partial charge in [0.05, 0.1) is 37.2 Å². The second-order valence-electron chi connectivity index (χ2n) is 11.6. The Labute approximate surface area is 302 Å². The summed E-state index contributed by atoms with van der Waals surface area (Å²) in [4.78, 5) is 61.5. The zero-order valence-corrected chi connectivity index (χ0v) is 29.9. The first-order valence-electron chi connectivity index (χ1n) is 17.0. The molecule has 15 heteroatoms. The van der Waals surface area contributed by atoms with Crippen LogP contribution in [-0.4, -0.2) is 80.4 Å². The number of nitrogens with one attached hydrogen (secondary N) is 1. The maximum atomic E-state index is 13.6. The minimum atomic E-state index is -1.23. The number of carboxylic acid groups (broad SMARTS) is 1. The second kappa shape index (κ2) is 20.7. The van der Waals surface area contributed by atoms with Crippen LogP contribution in [0.25, 0.3) is 11.0 Å². The van der Waals surface area contributed by atoms with E-state index in [1.54, 1.807) is 55.6 Å². The summed E-state index contributed by atoms with van der Waals surface area (Å²) in [7, 11) is 1.91. The van der Waals surface area contributed by atoms with Crippen LogP contribution >= 0.6 is 0 Å². The SMILES string of the molecule is CC(O)C(=O)O.CCCCCCOC(=O)/N=C(/N)c1ccc(NCc2nc3cc(C(=O)N(CCC(=O)OCC)c4ccccn4)ccc3n2C)cc1. The van der Waals surface area contributed by atoms with Crippen LogP contribution < -0.4 is 16.0 Å². The number of ether oxygens (including phenoxy) is 2. The van der Waals surface area contributed by atoms with Gasteiger partial charge < -0.3 is 35.3 Å². The van der Waals surface area contributed by atoms with E-state index in [-0.39, 0.29) is 37.3 Å². The molecule has 2 aromatic heterocycles. The lowest BCUT2D eigenvalue weighted by atomic mass is 10.1. The molecule has 0 aliphatic carbocycles. The van der Waals surface area contributed by atoms with E-state index in [0.717, 1.165) is 42.7 Å². The Hall–Kier alpha value is -5.83. The first-order valence-corrected chi connectivity index (χ1v) is 17.0. The topological polar surface area (TPSA) is 212 Å². The van der Waals surface area contributed by atoms with Crippen LogP contribution in [0.2, 0.25) is 0 Å². The Morgan fingerprint density at radius 2 is 1.71 bits per heavy atom. The van der Waals surface area contributed by atoms with Crippen LogP contribution in [0.5, 0.6) is 0 Å². The Balaban J connectivity index is 0.00000112. The third-order valence-electron chi connectivity index (χ3n) is 7.66. The molecular formula is C37H47N7O8. The molecule has 278 valence electrons. The number of amides is 2. The van der Waals surface area contributed by atoms with Crippen molar-refractivity contribution in [1.82, 2.24) is 14.5 Å². The smallest absolute Gasteiger partial charge is 0.435 e. The van der Waals surface area contributed by atoms with Gasteiger partial charge in [0.15, 0.2) is 0 Å². The fourth-order valence-corrected chi connectivity index (χ4v) is 4.79. The van der Waals surface area contributed by atoms with Crippen LogP contribution in [0.4, 0.5) is 16.3 Å². The number of aryl methyl sites for hydroxylation is 1. The van der Waals surface area contributed by atoms with Gasteiger partial charge in [-0.2, -0.15) is 4.99 Å². The maximum Gasteiger partial charge on any atom is 0.435 e. The van der Waals surface area contributed by atoms with Gasteiger partial charge in [0.1, 0.15) is 23.6 Å².